The van der Waals surface area contributed by atoms with Gasteiger partial charge in [-0.05, 0) is 48.4 Å². The molecule has 0 aromatic heterocycles. The molecule has 0 aliphatic carbocycles. The number of aryl methyl sites for hydroxylation is 1. The Kier molecular flexibility index (Phi) is 8.86. The molecule has 0 bridgehead atoms. The summed E-state index contributed by atoms with van der Waals surface area (Å²) in [4.78, 5) is 2.22. The van der Waals surface area contributed by atoms with Gasteiger partial charge in [0.15, 0.2) is 0 Å². The fraction of sp³-hybridized carbons (Fsp3) is 0.400. The first-order valence-corrected chi connectivity index (χ1v) is 9.85. The number of hydrogen-bond donors (Lipinski definition) is 1. The van der Waals surface area contributed by atoms with Crippen LogP contribution >= 0.6 is 39.9 Å². The maximum Gasteiger partial charge on any atom is 0.122 e. The number of hydrogen-bond acceptors (Lipinski definition) is 4. The maximum atomic E-state index is 10.4. The Bertz CT molecular complexity index is 747. The summed E-state index contributed by atoms with van der Waals surface area (Å²) in [5.41, 5.74) is 2.11. The molecule has 0 amide bonds. The number of ether oxygens (including phenoxy) is 2. The van der Waals surface area contributed by atoms with Crippen molar-refractivity contribution in [1.29, 1.82) is 0 Å². The zero-order valence-corrected chi connectivity index (χ0v) is 18.3. The lowest BCUT2D eigenvalue weighted by Gasteiger charge is -2.34. The Morgan fingerprint density at radius 3 is 2.89 bits per heavy atom. The van der Waals surface area contributed by atoms with Crippen molar-refractivity contribution in [2.24, 2.45) is 0 Å². The van der Waals surface area contributed by atoms with E-state index in [2.05, 4.69) is 33.0 Å². The number of aliphatic hydroxyl groups is 1. The van der Waals surface area contributed by atoms with E-state index in [0.29, 0.717) is 18.2 Å². The van der Waals surface area contributed by atoms with Crippen LogP contribution in [0.15, 0.2) is 46.9 Å². The molecule has 2 unspecified atom stereocenters. The van der Waals surface area contributed by atoms with Gasteiger partial charge in [-0.2, -0.15) is 0 Å². The predicted molar refractivity (Wildman–Crippen MR) is 114 cm³/mol. The van der Waals surface area contributed by atoms with Crippen LogP contribution in [0.1, 0.15) is 17.2 Å². The minimum Gasteiger partial charge on any atom is -0.491 e. The first-order valence-electron chi connectivity index (χ1n) is 8.67. The second-order valence-corrected chi connectivity index (χ2v) is 7.90. The number of aliphatic hydroxyl groups excluding tert-OH is 1. The van der Waals surface area contributed by atoms with E-state index in [1.807, 2.05) is 31.2 Å². The fourth-order valence-electron chi connectivity index (χ4n) is 3.09. The Hall–Kier alpha value is -0.820. The summed E-state index contributed by atoms with van der Waals surface area (Å²) in [7, 11) is 0. The van der Waals surface area contributed by atoms with Gasteiger partial charge >= 0.3 is 0 Å². The first kappa shape index (κ1) is 22.5. The summed E-state index contributed by atoms with van der Waals surface area (Å²) in [5.74, 6) is 0.752. The van der Waals surface area contributed by atoms with E-state index in [1.54, 1.807) is 6.07 Å². The smallest absolute Gasteiger partial charge is 0.122 e. The van der Waals surface area contributed by atoms with Crippen molar-refractivity contribution in [2.75, 3.05) is 32.8 Å². The third-order valence-corrected chi connectivity index (χ3v) is 5.14. The average Bonchev–Trinajstić information content (AvgIpc) is 2.61. The van der Waals surface area contributed by atoms with Gasteiger partial charge in [-0.1, -0.05) is 39.7 Å². The van der Waals surface area contributed by atoms with Crippen LogP contribution < -0.4 is 4.74 Å². The van der Waals surface area contributed by atoms with Crippen LogP contribution in [0, 0.1) is 6.92 Å². The molecule has 2 aromatic carbocycles. The third kappa shape index (κ3) is 6.63. The number of rotatable bonds is 6. The molecule has 4 nitrogen and oxygen atoms in total. The minimum absolute atomic E-state index is 0. The molecule has 0 spiro atoms. The number of nitrogens with zero attached hydrogens (tertiary/aromatic N) is 1. The highest BCUT2D eigenvalue weighted by molar-refractivity contribution is 9.10. The van der Waals surface area contributed by atoms with Crippen molar-refractivity contribution in [1.82, 2.24) is 4.90 Å². The predicted octanol–water partition coefficient (Wildman–Crippen LogP) is 4.65. The van der Waals surface area contributed by atoms with Gasteiger partial charge in [-0.25, -0.2) is 0 Å². The van der Waals surface area contributed by atoms with Crippen LogP contribution in [0.5, 0.6) is 5.75 Å². The largest absolute Gasteiger partial charge is 0.491 e. The van der Waals surface area contributed by atoms with Crippen LogP contribution in [0.4, 0.5) is 0 Å². The monoisotopic (exact) mass is 475 g/mol. The summed E-state index contributed by atoms with van der Waals surface area (Å²) in [6, 6.07) is 13.7. The minimum atomic E-state index is -0.564. The number of β-amino-alcohol motifs (C(OH)–C–C–N with tert-alkyl or cyclic N) is 1. The second-order valence-electron chi connectivity index (χ2n) is 6.55. The topological polar surface area (TPSA) is 41.9 Å². The lowest BCUT2D eigenvalue weighted by atomic mass is 10.1. The van der Waals surface area contributed by atoms with Gasteiger partial charge in [0.05, 0.1) is 12.7 Å². The molecule has 0 radical (unpaired) electrons. The Balaban J connectivity index is 0.00000261. The highest BCUT2D eigenvalue weighted by Crippen LogP contribution is 2.25. The lowest BCUT2D eigenvalue weighted by Crippen LogP contribution is -2.43. The zero-order valence-electron chi connectivity index (χ0n) is 15.1. The molecule has 1 N–H and O–H groups in total. The molecule has 3 rings (SSSR count). The van der Waals surface area contributed by atoms with Gasteiger partial charge < -0.3 is 14.6 Å². The molecule has 1 fully saturated rings. The Labute approximate surface area is 180 Å². The lowest BCUT2D eigenvalue weighted by molar-refractivity contribution is -0.0459. The Morgan fingerprint density at radius 2 is 2.15 bits per heavy atom. The summed E-state index contributed by atoms with van der Waals surface area (Å²) in [5, 5.41) is 11.1. The van der Waals surface area contributed by atoms with Gasteiger partial charge in [0.2, 0.25) is 0 Å². The SMILES string of the molecule is Cc1cc(Cl)ccc1OCC(O)CN1CCOC(c2cccc(Br)c2)C1.Cl. The van der Waals surface area contributed by atoms with E-state index in [0.717, 1.165) is 34.4 Å². The third-order valence-electron chi connectivity index (χ3n) is 4.41. The van der Waals surface area contributed by atoms with Gasteiger partial charge in [0.25, 0.3) is 0 Å². The van der Waals surface area contributed by atoms with Crippen LogP contribution in [-0.2, 0) is 4.74 Å². The van der Waals surface area contributed by atoms with E-state index < -0.39 is 6.10 Å². The van der Waals surface area contributed by atoms with Crippen LogP contribution in [0.25, 0.3) is 0 Å². The van der Waals surface area contributed by atoms with Crippen molar-refractivity contribution < 1.29 is 14.6 Å². The maximum absolute atomic E-state index is 10.4. The molecule has 1 aliphatic heterocycles. The molecule has 7 heteroatoms. The van der Waals surface area contributed by atoms with Gasteiger partial charge in [-0.3, -0.25) is 4.90 Å². The molecule has 1 saturated heterocycles. The van der Waals surface area contributed by atoms with Crippen LogP contribution in [-0.4, -0.2) is 49.0 Å². The molecule has 27 heavy (non-hydrogen) atoms. The van der Waals surface area contributed by atoms with Gasteiger partial charge in [0.1, 0.15) is 18.5 Å². The Morgan fingerprint density at radius 1 is 1.33 bits per heavy atom. The number of morpholine rings is 1. The normalized spacial score (nSPS) is 18.6. The molecule has 148 valence electrons. The van der Waals surface area contributed by atoms with E-state index in [-0.39, 0.29) is 25.1 Å². The highest BCUT2D eigenvalue weighted by atomic mass is 79.9. The van der Waals surface area contributed by atoms with E-state index in [9.17, 15) is 5.11 Å². The average molecular weight is 477 g/mol. The van der Waals surface area contributed by atoms with Crippen LogP contribution in [0.3, 0.4) is 0 Å². The molecular formula is C20H24BrCl2NO3. The quantitative estimate of drug-likeness (QED) is 0.659. The number of halogens is 3. The second kappa shape index (κ2) is 10.6. The van der Waals surface area contributed by atoms with Crippen molar-refractivity contribution in [3.05, 3.63) is 63.1 Å². The summed E-state index contributed by atoms with van der Waals surface area (Å²) >= 11 is 9.46. The number of benzene rings is 2. The van der Waals surface area contributed by atoms with Crippen LogP contribution in [0.2, 0.25) is 5.02 Å². The standard InChI is InChI=1S/C20H23BrClNO3.ClH/c1-14-9-17(22)5-6-19(14)26-13-18(24)11-23-7-8-25-20(12-23)15-3-2-4-16(21)10-15;/h2-6,9-10,18,20,24H,7-8,11-13H2,1H3;1H. The molecular weight excluding hydrogens is 453 g/mol. The highest BCUT2D eigenvalue weighted by Gasteiger charge is 2.24. The summed E-state index contributed by atoms with van der Waals surface area (Å²) in [6.07, 6.45) is -0.542. The molecule has 1 aliphatic rings. The van der Waals surface area contributed by atoms with E-state index in [4.69, 9.17) is 21.1 Å². The molecule has 2 aromatic rings. The first-order chi connectivity index (χ1) is 12.5. The van der Waals surface area contributed by atoms with Gasteiger partial charge in [0, 0.05) is 29.1 Å². The van der Waals surface area contributed by atoms with Crippen molar-refractivity contribution in [3.63, 3.8) is 0 Å². The van der Waals surface area contributed by atoms with Crippen molar-refractivity contribution in [2.45, 2.75) is 19.1 Å². The fourth-order valence-corrected chi connectivity index (χ4v) is 3.73. The molecule has 1 heterocycles. The van der Waals surface area contributed by atoms with E-state index in [1.165, 1.54) is 0 Å². The van der Waals surface area contributed by atoms with Crippen molar-refractivity contribution >= 4 is 39.9 Å². The van der Waals surface area contributed by atoms with E-state index >= 15 is 0 Å². The summed E-state index contributed by atoms with van der Waals surface area (Å²) < 4.78 is 12.7. The van der Waals surface area contributed by atoms with Gasteiger partial charge in [-0.15, -0.1) is 12.4 Å². The summed E-state index contributed by atoms with van der Waals surface area (Å²) in [6.45, 7) is 4.97. The van der Waals surface area contributed by atoms with Crippen molar-refractivity contribution in [3.8, 4) is 5.75 Å². The zero-order chi connectivity index (χ0) is 18.5. The molecule has 0 saturated carbocycles. The molecule has 2 atom stereocenters.